The number of hydrogen-bond acceptors (Lipinski definition) is 2. The van der Waals surface area contributed by atoms with Crippen LogP contribution >= 0.6 is 0 Å². The van der Waals surface area contributed by atoms with Crippen LogP contribution in [0.4, 0.5) is 5.69 Å². The number of anilines is 1. The van der Waals surface area contributed by atoms with Crippen LogP contribution in [0.25, 0.3) is 0 Å². The highest BCUT2D eigenvalue weighted by molar-refractivity contribution is 5.93. The molecule has 0 aliphatic heterocycles. The highest BCUT2D eigenvalue weighted by atomic mass is 16.1. The fraction of sp³-hybridized carbons (Fsp3) is 0.500. The Morgan fingerprint density at radius 3 is 2.41 bits per heavy atom. The minimum atomic E-state index is -0.0195. The predicted octanol–water partition coefficient (Wildman–Crippen LogP) is 2.49. The largest absolute Gasteiger partial charge is 0.325 e. The molecule has 0 bridgehead atoms. The quantitative estimate of drug-likeness (QED) is 0.822. The smallest absolute Gasteiger partial charge is 0.228 e. The van der Waals surface area contributed by atoms with Gasteiger partial charge in [0.1, 0.15) is 0 Å². The van der Waals surface area contributed by atoms with Gasteiger partial charge in [-0.3, -0.25) is 4.79 Å². The molecule has 1 unspecified atom stereocenters. The third-order valence-corrected chi connectivity index (χ3v) is 2.88. The summed E-state index contributed by atoms with van der Waals surface area (Å²) >= 11 is 0. The lowest BCUT2D eigenvalue weighted by Crippen LogP contribution is -2.30. The van der Waals surface area contributed by atoms with Gasteiger partial charge in [-0.25, -0.2) is 0 Å². The lowest BCUT2D eigenvalue weighted by Gasteiger charge is -2.15. The van der Waals surface area contributed by atoms with Gasteiger partial charge in [-0.2, -0.15) is 0 Å². The number of benzene rings is 1. The topological polar surface area (TPSA) is 41.1 Å². The molecule has 1 aromatic carbocycles. The summed E-state index contributed by atoms with van der Waals surface area (Å²) in [6.07, 6.45) is 0. The number of amides is 1. The van der Waals surface area contributed by atoms with Gasteiger partial charge in [0.2, 0.25) is 5.91 Å². The first kappa shape index (κ1) is 13.7. The maximum absolute atomic E-state index is 12.0. The van der Waals surface area contributed by atoms with Gasteiger partial charge in [0.15, 0.2) is 0 Å². The number of carbonyl (C=O) groups is 1. The van der Waals surface area contributed by atoms with Gasteiger partial charge in [-0.15, -0.1) is 0 Å². The first-order valence-electron chi connectivity index (χ1n) is 6.14. The molecule has 1 amide bonds. The summed E-state index contributed by atoms with van der Waals surface area (Å²) in [6.45, 7) is 9.60. The fourth-order valence-electron chi connectivity index (χ4n) is 1.71. The first-order valence-corrected chi connectivity index (χ1v) is 6.14. The average molecular weight is 234 g/mol. The summed E-state index contributed by atoms with van der Waals surface area (Å²) in [4.78, 5) is 12.0. The summed E-state index contributed by atoms with van der Waals surface area (Å²) in [7, 11) is 0. The first-order chi connectivity index (χ1) is 8.06. The molecule has 2 N–H and O–H groups in total. The zero-order valence-corrected chi connectivity index (χ0v) is 11.1. The van der Waals surface area contributed by atoms with Crippen molar-refractivity contribution in [1.82, 2.24) is 5.32 Å². The van der Waals surface area contributed by atoms with E-state index in [4.69, 9.17) is 0 Å². The molecule has 0 aliphatic rings. The van der Waals surface area contributed by atoms with E-state index in [0.717, 1.165) is 23.4 Å². The number of rotatable bonds is 5. The molecular weight excluding hydrogens is 212 g/mol. The summed E-state index contributed by atoms with van der Waals surface area (Å²) in [5.41, 5.74) is 3.16. The zero-order valence-electron chi connectivity index (χ0n) is 11.1. The van der Waals surface area contributed by atoms with Crippen LogP contribution in [0.15, 0.2) is 18.2 Å². The normalized spacial score (nSPS) is 12.2. The molecule has 0 spiro atoms. The number of hydrogen-bond donors (Lipinski definition) is 2. The molecule has 0 aromatic heterocycles. The zero-order chi connectivity index (χ0) is 12.8. The van der Waals surface area contributed by atoms with Gasteiger partial charge in [0.25, 0.3) is 0 Å². The van der Waals surface area contributed by atoms with Crippen LogP contribution in [0.3, 0.4) is 0 Å². The SMILES string of the molecule is CCNCC(C)C(=O)Nc1c(C)cccc1C. The van der Waals surface area contributed by atoms with E-state index in [2.05, 4.69) is 10.6 Å². The Kier molecular flexibility index (Phi) is 5.16. The van der Waals surface area contributed by atoms with E-state index in [9.17, 15) is 4.79 Å². The van der Waals surface area contributed by atoms with Crippen LogP contribution in [0.1, 0.15) is 25.0 Å². The van der Waals surface area contributed by atoms with Crippen LogP contribution in [-0.2, 0) is 4.79 Å². The van der Waals surface area contributed by atoms with Crippen molar-refractivity contribution >= 4 is 11.6 Å². The van der Waals surface area contributed by atoms with E-state index in [1.54, 1.807) is 0 Å². The average Bonchev–Trinajstić information content (AvgIpc) is 2.30. The predicted molar refractivity (Wildman–Crippen MR) is 72.3 cm³/mol. The molecule has 0 saturated carbocycles. The maximum atomic E-state index is 12.0. The fourth-order valence-corrected chi connectivity index (χ4v) is 1.71. The minimum absolute atomic E-state index is 0.0195. The van der Waals surface area contributed by atoms with E-state index >= 15 is 0 Å². The minimum Gasteiger partial charge on any atom is -0.325 e. The molecule has 0 aliphatic carbocycles. The van der Waals surface area contributed by atoms with Crippen LogP contribution in [0.5, 0.6) is 0 Å². The Bertz CT molecular complexity index is 368. The van der Waals surface area contributed by atoms with Gasteiger partial charge < -0.3 is 10.6 Å². The molecule has 94 valence electrons. The van der Waals surface area contributed by atoms with Crippen molar-refractivity contribution in [1.29, 1.82) is 0 Å². The van der Waals surface area contributed by atoms with Crippen LogP contribution < -0.4 is 10.6 Å². The number of carbonyl (C=O) groups excluding carboxylic acids is 1. The van der Waals surface area contributed by atoms with Gasteiger partial charge >= 0.3 is 0 Å². The Morgan fingerprint density at radius 2 is 1.88 bits per heavy atom. The van der Waals surface area contributed by atoms with Gasteiger partial charge in [-0.1, -0.05) is 32.0 Å². The molecule has 1 rings (SSSR count). The molecule has 0 radical (unpaired) electrons. The molecule has 1 atom stereocenters. The van der Waals surface area contributed by atoms with Crippen molar-refractivity contribution in [2.45, 2.75) is 27.7 Å². The molecule has 3 heteroatoms. The van der Waals surface area contributed by atoms with Crippen LogP contribution in [0.2, 0.25) is 0 Å². The van der Waals surface area contributed by atoms with Crippen molar-refractivity contribution < 1.29 is 4.79 Å². The lowest BCUT2D eigenvalue weighted by molar-refractivity contribution is -0.119. The molecule has 17 heavy (non-hydrogen) atoms. The molecule has 1 aromatic rings. The molecule has 3 nitrogen and oxygen atoms in total. The Balaban J connectivity index is 2.68. The second-order valence-electron chi connectivity index (χ2n) is 4.46. The maximum Gasteiger partial charge on any atom is 0.228 e. The Morgan fingerprint density at radius 1 is 1.29 bits per heavy atom. The van der Waals surface area contributed by atoms with E-state index in [-0.39, 0.29) is 11.8 Å². The van der Waals surface area contributed by atoms with E-state index in [0.29, 0.717) is 6.54 Å². The van der Waals surface area contributed by atoms with Gasteiger partial charge in [-0.05, 0) is 31.5 Å². The van der Waals surface area contributed by atoms with Crippen molar-refractivity contribution in [3.05, 3.63) is 29.3 Å². The number of para-hydroxylation sites is 1. The third kappa shape index (κ3) is 3.86. The lowest BCUT2D eigenvalue weighted by atomic mass is 10.1. The standard InChI is InChI=1S/C14H22N2O/c1-5-15-9-12(4)14(17)16-13-10(2)7-6-8-11(13)3/h6-8,12,15H,5,9H2,1-4H3,(H,16,17). The highest BCUT2D eigenvalue weighted by Crippen LogP contribution is 2.19. The van der Waals surface area contributed by atoms with Crippen LogP contribution in [0, 0.1) is 19.8 Å². The van der Waals surface area contributed by atoms with E-state index in [1.165, 1.54) is 0 Å². The van der Waals surface area contributed by atoms with Crippen molar-refractivity contribution in [2.24, 2.45) is 5.92 Å². The summed E-state index contributed by atoms with van der Waals surface area (Å²) in [6, 6.07) is 6.03. The van der Waals surface area contributed by atoms with Crippen molar-refractivity contribution in [2.75, 3.05) is 18.4 Å². The molecule has 0 heterocycles. The summed E-state index contributed by atoms with van der Waals surface area (Å²) < 4.78 is 0. The summed E-state index contributed by atoms with van der Waals surface area (Å²) in [5.74, 6) is 0.0531. The van der Waals surface area contributed by atoms with Gasteiger partial charge in [0.05, 0.1) is 0 Å². The number of aryl methyl sites for hydroxylation is 2. The molecule has 0 saturated heterocycles. The third-order valence-electron chi connectivity index (χ3n) is 2.88. The van der Waals surface area contributed by atoms with Gasteiger partial charge in [0, 0.05) is 18.2 Å². The highest BCUT2D eigenvalue weighted by Gasteiger charge is 2.14. The van der Waals surface area contributed by atoms with E-state index in [1.807, 2.05) is 45.9 Å². The second kappa shape index (κ2) is 6.40. The van der Waals surface area contributed by atoms with E-state index < -0.39 is 0 Å². The van der Waals surface area contributed by atoms with Crippen molar-refractivity contribution in [3.63, 3.8) is 0 Å². The Hall–Kier alpha value is -1.35. The van der Waals surface area contributed by atoms with Crippen LogP contribution in [-0.4, -0.2) is 19.0 Å². The monoisotopic (exact) mass is 234 g/mol. The Labute approximate surface area is 104 Å². The summed E-state index contributed by atoms with van der Waals surface area (Å²) in [5, 5.41) is 6.19. The van der Waals surface area contributed by atoms with Crippen molar-refractivity contribution in [3.8, 4) is 0 Å². The number of nitrogens with one attached hydrogen (secondary N) is 2. The molecule has 0 fully saturated rings. The second-order valence-corrected chi connectivity index (χ2v) is 4.46. The molecular formula is C14H22N2O.